The molecule has 1 aromatic carbocycles. The molecule has 19 heavy (non-hydrogen) atoms. The summed E-state index contributed by atoms with van der Waals surface area (Å²) in [6.07, 6.45) is 3.08. The zero-order valence-electron chi connectivity index (χ0n) is 9.42. The molecule has 0 spiro atoms. The summed E-state index contributed by atoms with van der Waals surface area (Å²) >= 11 is 0. The van der Waals surface area contributed by atoms with E-state index in [2.05, 4.69) is 20.1 Å². The summed E-state index contributed by atoms with van der Waals surface area (Å²) in [5.41, 5.74) is 0.286. The summed E-state index contributed by atoms with van der Waals surface area (Å²) in [6, 6.07) is 4.98. The molecule has 0 aliphatic rings. The lowest BCUT2D eigenvalue weighted by atomic mass is 10.2. The molecule has 0 N–H and O–H groups in total. The molecule has 5 nitrogen and oxygen atoms in total. The Balaban J connectivity index is 1.99. The van der Waals surface area contributed by atoms with E-state index in [0.717, 1.165) is 12.1 Å². The van der Waals surface area contributed by atoms with Crippen LogP contribution in [0.4, 0.5) is 8.78 Å². The highest BCUT2D eigenvalue weighted by atomic mass is 19.2. The van der Waals surface area contributed by atoms with E-state index in [0.29, 0.717) is 5.82 Å². The molecule has 0 saturated heterocycles. The van der Waals surface area contributed by atoms with Crippen LogP contribution >= 0.6 is 0 Å². The Morgan fingerprint density at radius 1 is 0.947 bits per heavy atom. The van der Waals surface area contributed by atoms with Crippen molar-refractivity contribution in [3.8, 4) is 23.1 Å². The Kier molecular flexibility index (Phi) is 2.71. The smallest absolute Gasteiger partial charge is 0.258 e. The molecule has 0 aliphatic carbocycles. The van der Waals surface area contributed by atoms with Gasteiger partial charge in [-0.05, 0) is 24.3 Å². The van der Waals surface area contributed by atoms with Gasteiger partial charge in [0, 0.05) is 18.0 Å². The second kappa shape index (κ2) is 4.52. The van der Waals surface area contributed by atoms with Crippen molar-refractivity contribution in [3.05, 3.63) is 48.3 Å². The number of benzene rings is 1. The molecule has 0 aliphatic heterocycles. The minimum absolute atomic E-state index is 0.0707. The first-order valence-electron chi connectivity index (χ1n) is 5.30. The van der Waals surface area contributed by atoms with E-state index in [-0.39, 0.29) is 17.3 Å². The fourth-order valence-electron chi connectivity index (χ4n) is 1.48. The quantitative estimate of drug-likeness (QED) is 0.708. The summed E-state index contributed by atoms with van der Waals surface area (Å²) in [5.74, 6) is -1.37. The molecule has 0 atom stereocenters. The van der Waals surface area contributed by atoms with Crippen LogP contribution in [0.25, 0.3) is 23.1 Å². The minimum atomic E-state index is -0.979. The van der Waals surface area contributed by atoms with Crippen molar-refractivity contribution >= 4 is 0 Å². The standard InChI is InChI=1S/C12H6F2N4O/c13-8-3-2-7(6-9(8)14)12-17-11(18-19-12)10-15-4-1-5-16-10/h1-6H. The molecule has 0 saturated carbocycles. The topological polar surface area (TPSA) is 64.7 Å². The van der Waals surface area contributed by atoms with Gasteiger partial charge in [0.25, 0.3) is 5.89 Å². The van der Waals surface area contributed by atoms with Crippen molar-refractivity contribution in [2.75, 3.05) is 0 Å². The second-order valence-electron chi connectivity index (χ2n) is 3.62. The molecule has 0 radical (unpaired) electrons. The molecule has 0 amide bonds. The van der Waals surface area contributed by atoms with Gasteiger partial charge in [0.1, 0.15) is 0 Å². The van der Waals surface area contributed by atoms with Gasteiger partial charge in [-0.15, -0.1) is 0 Å². The largest absolute Gasteiger partial charge is 0.333 e. The van der Waals surface area contributed by atoms with Crippen LogP contribution in [0.3, 0.4) is 0 Å². The third kappa shape index (κ3) is 2.17. The Bertz CT molecular complexity index is 715. The van der Waals surface area contributed by atoms with Crippen molar-refractivity contribution in [1.82, 2.24) is 20.1 Å². The van der Waals surface area contributed by atoms with Gasteiger partial charge in [0.15, 0.2) is 11.6 Å². The second-order valence-corrected chi connectivity index (χ2v) is 3.62. The monoisotopic (exact) mass is 260 g/mol. The maximum atomic E-state index is 13.1. The average molecular weight is 260 g/mol. The van der Waals surface area contributed by atoms with Crippen LogP contribution in [0.15, 0.2) is 41.2 Å². The highest BCUT2D eigenvalue weighted by molar-refractivity contribution is 5.55. The predicted molar refractivity (Wildman–Crippen MR) is 60.7 cm³/mol. The van der Waals surface area contributed by atoms with Gasteiger partial charge in [-0.2, -0.15) is 4.98 Å². The zero-order chi connectivity index (χ0) is 13.2. The number of hydrogen-bond acceptors (Lipinski definition) is 5. The molecule has 2 heterocycles. The van der Waals surface area contributed by atoms with E-state index in [1.54, 1.807) is 6.07 Å². The number of halogens is 2. The van der Waals surface area contributed by atoms with Crippen molar-refractivity contribution in [2.24, 2.45) is 0 Å². The molecule has 94 valence electrons. The molecular formula is C12H6F2N4O. The average Bonchev–Trinajstić information content (AvgIpc) is 2.93. The lowest BCUT2D eigenvalue weighted by molar-refractivity contribution is 0.431. The molecule has 3 aromatic rings. The van der Waals surface area contributed by atoms with Crippen LogP contribution < -0.4 is 0 Å². The Morgan fingerprint density at radius 2 is 1.74 bits per heavy atom. The Labute approximate surface area is 106 Å². The fraction of sp³-hybridized carbons (Fsp3) is 0. The van der Waals surface area contributed by atoms with Gasteiger partial charge in [0.2, 0.25) is 11.6 Å². The third-order valence-corrected chi connectivity index (χ3v) is 2.36. The summed E-state index contributed by atoms with van der Waals surface area (Å²) < 4.78 is 30.9. The van der Waals surface area contributed by atoms with Crippen LogP contribution in [0.5, 0.6) is 0 Å². The summed E-state index contributed by atoms with van der Waals surface area (Å²) in [4.78, 5) is 11.9. The van der Waals surface area contributed by atoms with Crippen LogP contribution in [0.1, 0.15) is 0 Å². The molecular weight excluding hydrogens is 254 g/mol. The predicted octanol–water partition coefficient (Wildman–Crippen LogP) is 2.47. The Morgan fingerprint density at radius 3 is 2.47 bits per heavy atom. The number of nitrogens with zero attached hydrogens (tertiary/aromatic N) is 4. The molecule has 0 fully saturated rings. The van der Waals surface area contributed by atoms with Crippen molar-refractivity contribution in [3.63, 3.8) is 0 Å². The number of aromatic nitrogens is 4. The van der Waals surface area contributed by atoms with Gasteiger partial charge in [-0.1, -0.05) is 5.16 Å². The molecule has 7 heteroatoms. The number of hydrogen-bond donors (Lipinski definition) is 0. The summed E-state index contributed by atoms with van der Waals surface area (Å²) in [5, 5.41) is 3.69. The van der Waals surface area contributed by atoms with Gasteiger partial charge < -0.3 is 4.52 Å². The van der Waals surface area contributed by atoms with E-state index < -0.39 is 11.6 Å². The third-order valence-electron chi connectivity index (χ3n) is 2.36. The first-order valence-corrected chi connectivity index (χ1v) is 5.30. The van der Waals surface area contributed by atoms with Crippen LogP contribution in [-0.4, -0.2) is 20.1 Å². The van der Waals surface area contributed by atoms with E-state index in [1.165, 1.54) is 18.5 Å². The lowest BCUT2D eigenvalue weighted by Gasteiger charge is -1.95. The van der Waals surface area contributed by atoms with Crippen molar-refractivity contribution < 1.29 is 13.3 Å². The lowest BCUT2D eigenvalue weighted by Crippen LogP contribution is -1.89. The van der Waals surface area contributed by atoms with Crippen molar-refractivity contribution in [2.45, 2.75) is 0 Å². The van der Waals surface area contributed by atoms with Gasteiger partial charge in [-0.3, -0.25) is 0 Å². The Hall–Kier alpha value is -2.70. The minimum Gasteiger partial charge on any atom is -0.333 e. The van der Waals surface area contributed by atoms with Gasteiger partial charge in [-0.25, -0.2) is 18.7 Å². The highest BCUT2D eigenvalue weighted by Crippen LogP contribution is 2.21. The summed E-state index contributed by atoms with van der Waals surface area (Å²) in [7, 11) is 0. The van der Waals surface area contributed by atoms with E-state index >= 15 is 0 Å². The SMILES string of the molecule is Fc1ccc(-c2nc(-c3ncccn3)no2)cc1F. The fourth-order valence-corrected chi connectivity index (χ4v) is 1.48. The van der Waals surface area contributed by atoms with E-state index in [1.807, 2.05) is 0 Å². The number of rotatable bonds is 2. The normalized spacial score (nSPS) is 10.6. The van der Waals surface area contributed by atoms with E-state index in [4.69, 9.17) is 4.52 Å². The highest BCUT2D eigenvalue weighted by Gasteiger charge is 2.13. The van der Waals surface area contributed by atoms with Gasteiger partial charge >= 0.3 is 0 Å². The van der Waals surface area contributed by atoms with Crippen LogP contribution in [-0.2, 0) is 0 Å². The molecule has 2 aromatic heterocycles. The first-order chi connectivity index (χ1) is 9.24. The molecule has 0 unspecified atom stereocenters. The van der Waals surface area contributed by atoms with Crippen LogP contribution in [0, 0.1) is 11.6 Å². The summed E-state index contributed by atoms with van der Waals surface area (Å²) in [6.45, 7) is 0. The maximum Gasteiger partial charge on any atom is 0.258 e. The molecule has 3 rings (SSSR count). The van der Waals surface area contributed by atoms with Crippen molar-refractivity contribution in [1.29, 1.82) is 0 Å². The maximum absolute atomic E-state index is 13.1. The van der Waals surface area contributed by atoms with E-state index in [9.17, 15) is 8.78 Å². The first kappa shape index (κ1) is 11.4. The molecule has 0 bridgehead atoms. The van der Waals surface area contributed by atoms with Gasteiger partial charge in [0.05, 0.1) is 0 Å². The van der Waals surface area contributed by atoms with Crippen LogP contribution in [0.2, 0.25) is 0 Å². The zero-order valence-corrected chi connectivity index (χ0v) is 9.42.